The second kappa shape index (κ2) is 8.00. The van der Waals surface area contributed by atoms with Crippen LogP contribution in [0.4, 0.5) is 11.4 Å². The number of para-hydroxylation sites is 1. The molecule has 0 aromatic heterocycles. The number of rotatable bonds is 4. The van der Waals surface area contributed by atoms with Gasteiger partial charge >= 0.3 is 0 Å². The van der Waals surface area contributed by atoms with Gasteiger partial charge in [0.2, 0.25) is 0 Å². The molecular weight excluding hydrogens is 322 g/mol. The molecule has 2 aliphatic rings. The van der Waals surface area contributed by atoms with E-state index in [1.165, 1.54) is 24.9 Å². The Balaban J connectivity index is 1.38. The molecule has 2 unspecified atom stereocenters. The molecule has 2 fully saturated rings. The van der Waals surface area contributed by atoms with Gasteiger partial charge in [-0.2, -0.15) is 0 Å². The molecule has 0 amide bonds. The predicted octanol–water partition coefficient (Wildman–Crippen LogP) is 3.78. The first-order valence-electron chi connectivity index (χ1n) is 9.86. The highest BCUT2D eigenvalue weighted by Gasteiger charge is 2.33. The summed E-state index contributed by atoms with van der Waals surface area (Å²) in [6.07, 6.45) is 5.25. The van der Waals surface area contributed by atoms with Gasteiger partial charge in [0.05, 0.1) is 0 Å². The van der Waals surface area contributed by atoms with Crippen molar-refractivity contribution in [2.24, 2.45) is 0 Å². The molecule has 1 saturated carbocycles. The molecule has 4 nitrogen and oxygen atoms in total. The first kappa shape index (κ1) is 17.2. The van der Waals surface area contributed by atoms with Gasteiger partial charge in [-0.05, 0) is 55.7 Å². The summed E-state index contributed by atoms with van der Waals surface area (Å²) in [6.45, 7) is 4.41. The van der Waals surface area contributed by atoms with Crippen LogP contribution < -0.4 is 15.4 Å². The molecule has 2 N–H and O–H groups in total. The third-order valence-electron chi connectivity index (χ3n) is 5.74. The molecule has 1 aliphatic carbocycles. The molecule has 2 aromatic carbocycles. The average molecular weight is 351 g/mol. The van der Waals surface area contributed by atoms with Gasteiger partial charge in [0.25, 0.3) is 0 Å². The summed E-state index contributed by atoms with van der Waals surface area (Å²) < 4.78 is 6.38. The molecule has 4 heteroatoms. The summed E-state index contributed by atoms with van der Waals surface area (Å²) in [7, 11) is 0. The summed E-state index contributed by atoms with van der Waals surface area (Å²) in [4.78, 5) is 5.15. The lowest BCUT2D eigenvalue weighted by Gasteiger charge is -2.44. The van der Waals surface area contributed by atoms with Crippen molar-refractivity contribution in [1.82, 2.24) is 4.90 Å². The molecule has 26 heavy (non-hydrogen) atoms. The van der Waals surface area contributed by atoms with Crippen molar-refractivity contribution in [2.75, 3.05) is 36.8 Å². The summed E-state index contributed by atoms with van der Waals surface area (Å²) in [5.74, 6) is 0.944. The standard InChI is InChI=1S/C22H29N3O/c23-18-10-12-20(13-11-18)26-22-9-5-4-8-21(22)25-16-14-24(15-17-25)19-6-2-1-3-7-19/h1-3,6-7,10-13,21-22H,4-5,8-9,14-17,23H2. The lowest BCUT2D eigenvalue weighted by atomic mass is 9.90. The van der Waals surface area contributed by atoms with E-state index in [0.29, 0.717) is 6.04 Å². The number of nitrogens with zero attached hydrogens (tertiary/aromatic N) is 2. The molecule has 2 aromatic rings. The predicted molar refractivity (Wildman–Crippen MR) is 108 cm³/mol. The largest absolute Gasteiger partial charge is 0.489 e. The second-order valence-electron chi connectivity index (χ2n) is 7.44. The number of hydrogen-bond acceptors (Lipinski definition) is 4. The summed E-state index contributed by atoms with van der Waals surface area (Å²) in [5.41, 5.74) is 7.92. The number of anilines is 2. The molecule has 1 saturated heterocycles. The normalized spacial score (nSPS) is 24.4. The molecule has 138 valence electrons. The molecule has 0 bridgehead atoms. The number of benzene rings is 2. The van der Waals surface area contributed by atoms with Crippen molar-refractivity contribution in [1.29, 1.82) is 0 Å². The fourth-order valence-corrected chi connectivity index (χ4v) is 4.30. The number of nitrogen functional groups attached to an aromatic ring is 1. The van der Waals surface area contributed by atoms with Crippen LogP contribution in [0, 0.1) is 0 Å². The minimum atomic E-state index is 0.288. The first-order valence-corrected chi connectivity index (χ1v) is 9.86. The van der Waals surface area contributed by atoms with Crippen LogP contribution in [0.2, 0.25) is 0 Å². The third-order valence-corrected chi connectivity index (χ3v) is 5.74. The fraction of sp³-hybridized carbons (Fsp3) is 0.455. The van der Waals surface area contributed by atoms with Crippen molar-refractivity contribution < 1.29 is 4.74 Å². The van der Waals surface area contributed by atoms with E-state index < -0.39 is 0 Å². The van der Waals surface area contributed by atoms with E-state index in [0.717, 1.165) is 44.0 Å². The Kier molecular flexibility index (Phi) is 5.30. The number of nitrogens with two attached hydrogens (primary N) is 1. The zero-order valence-electron chi connectivity index (χ0n) is 15.4. The van der Waals surface area contributed by atoms with Gasteiger partial charge in [-0.25, -0.2) is 0 Å². The Morgan fingerprint density at radius 3 is 2.23 bits per heavy atom. The lowest BCUT2D eigenvalue weighted by molar-refractivity contribution is 0.0329. The van der Waals surface area contributed by atoms with Gasteiger partial charge in [0.1, 0.15) is 11.9 Å². The Labute approximate surface area is 156 Å². The Morgan fingerprint density at radius 2 is 1.50 bits per heavy atom. The maximum absolute atomic E-state index is 6.38. The van der Waals surface area contributed by atoms with Crippen molar-refractivity contribution in [2.45, 2.75) is 37.8 Å². The maximum Gasteiger partial charge on any atom is 0.119 e. The number of ether oxygens (including phenoxy) is 1. The van der Waals surface area contributed by atoms with Gasteiger partial charge in [-0.3, -0.25) is 4.90 Å². The molecule has 4 rings (SSSR count). The van der Waals surface area contributed by atoms with Crippen LogP contribution in [0.25, 0.3) is 0 Å². The molecule has 1 heterocycles. The smallest absolute Gasteiger partial charge is 0.119 e. The van der Waals surface area contributed by atoms with E-state index in [4.69, 9.17) is 10.5 Å². The summed E-state index contributed by atoms with van der Waals surface area (Å²) >= 11 is 0. The molecule has 0 spiro atoms. The highest BCUT2D eigenvalue weighted by Crippen LogP contribution is 2.29. The van der Waals surface area contributed by atoms with Crippen molar-refractivity contribution >= 4 is 11.4 Å². The van der Waals surface area contributed by atoms with Crippen LogP contribution in [0.1, 0.15) is 25.7 Å². The minimum absolute atomic E-state index is 0.288. The van der Waals surface area contributed by atoms with Crippen molar-refractivity contribution in [3.63, 3.8) is 0 Å². The van der Waals surface area contributed by atoms with E-state index in [1.54, 1.807) is 0 Å². The van der Waals surface area contributed by atoms with Crippen LogP contribution in [0.3, 0.4) is 0 Å². The van der Waals surface area contributed by atoms with E-state index in [-0.39, 0.29) is 6.10 Å². The average Bonchev–Trinajstić information content (AvgIpc) is 2.71. The van der Waals surface area contributed by atoms with E-state index in [1.807, 2.05) is 24.3 Å². The molecule has 2 atom stereocenters. The second-order valence-corrected chi connectivity index (χ2v) is 7.44. The Bertz CT molecular complexity index is 680. The van der Waals surface area contributed by atoms with Crippen LogP contribution in [-0.2, 0) is 0 Å². The van der Waals surface area contributed by atoms with Gasteiger partial charge in [-0.1, -0.05) is 24.6 Å². The number of piperazine rings is 1. The Morgan fingerprint density at radius 1 is 0.808 bits per heavy atom. The highest BCUT2D eigenvalue weighted by atomic mass is 16.5. The van der Waals surface area contributed by atoms with E-state index in [9.17, 15) is 0 Å². The topological polar surface area (TPSA) is 41.7 Å². The van der Waals surface area contributed by atoms with Crippen molar-refractivity contribution in [3.8, 4) is 5.75 Å². The van der Waals surface area contributed by atoms with Crippen molar-refractivity contribution in [3.05, 3.63) is 54.6 Å². The van der Waals surface area contributed by atoms with E-state index in [2.05, 4.69) is 40.1 Å². The highest BCUT2D eigenvalue weighted by molar-refractivity contribution is 5.46. The van der Waals surface area contributed by atoms with Crippen LogP contribution in [-0.4, -0.2) is 43.2 Å². The lowest BCUT2D eigenvalue weighted by Crippen LogP contribution is -2.55. The summed E-state index contributed by atoms with van der Waals surface area (Å²) in [6, 6.07) is 19.1. The fourth-order valence-electron chi connectivity index (χ4n) is 4.30. The van der Waals surface area contributed by atoms with Crippen LogP contribution in [0.5, 0.6) is 5.75 Å². The zero-order chi connectivity index (χ0) is 17.8. The van der Waals surface area contributed by atoms with Gasteiger partial charge in [0.15, 0.2) is 0 Å². The van der Waals surface area contributed by atoms with Crippen LogP contribution >= 0.6 is 0 Å². The minimum Gasteiger partial charge on any atom is -0.489 e. The SMILES string of the molecule is Nc1ccc(OC2CCCCC2N2CCN(c3ccccc3)CC2)cc1. The van der Waals surface area contributed by atoms with E-state index >= 15 is 0 Å². The van der Waals surface area contributed by atoms with Crippen LogP contribution in [0.15, 0.2) is 54.6 Å². The third kappa shape index (κ3) is 3.96. The molecule has 0 radical (unpaired) electrons. The molecule has 1 aliphatic heterocycles. The first-order chi connectivity index (χ1) is 12.8. The Hall–Kier alpha value is -2.20. The number of hydrogen-bond donors (Lipinski definition) is 1. The van der Waals surface area contributed by atoms with Gasteiger partial charge in [-0.15, -0.1) is 0 Å². The maximum atomic E-state index is 6.38. The quantitative estimate of drug-likeness (QED) is 0.851. The van der Waals surface area contributed by atoms with Gasteiger partial charge in [0, 0.05) is 43.6 Å². The zero-order valence-corrected chi connectivity index (χ0v) is 15.4. The summed E-state index contributed by atoms with van der Waals surface area (Å²) in [5, 5.41) is 0. The molecular formula is C22H29N3O. The van der Waals surface area contributed by atoms with Gasteiger partial charge < -0.3 is 15.4 Å². The monoisotopic (exact) mass is 351 g/mol.